The molecule has 2 aliphatic heterocycles. The summed E-state index contributed by atoms with van der Waals surface area (Å²) in [6.07, 6.45) is 0.850. The van der Waals surface area contributed by atoms with E-state index in [9.17, 15) is 36.0 Å². The van der Waals surface area contributed by atoms with Gasteiger partial charge >= 0.3 is 0 Å². The van der Waals surface area contributed by atoms with Gasteiger partial charge in [0, 0.05) is 50.2 Å². The maximum Gasteiger partial charge on any atom is 0.265 e. The third kappa shape index (κ3) is 7.09. The van der Waals surface area contributed by atoms with Crippen molar-refractivity contribution in [3.05, 3.63) is 89.0 Å². The molecule has 0 atom stereocenters. The van der Waals surface area contributed by atoms with Gasteiger partial charge in [-0.15, -0.1) is 0 Å². The second kappa shape index (κ2) is 13.6. The first kappa shape index (κ1) is 34.7. The van der Waals surface area contributed by atoms with Crippen LogP contribution in [0.1, 0.15) is 67.1 Å². The Labute approximate surface area is 286 Å². The third-order valence-corrected chi connectivity index (χ3v) is 9.86. The highest BCUT2D eigenvalue weighted by molar-refractivity contribution is 7.86. The number of para-hydroxylation sites is 1. The summed E-state index contributed by atoms with van der Waals surface area (Å²) >= 11 is 0. The molecule has 2 heterocycles. The fourth-order valence-electron chi connectivity index (χ4n) is 5.98. The molecule has 4 aromatic carbocycles. The molecule has 2 aliphatic rings. The number of hydrogen-bond donors (Lipinski definition) is 3. The summed E-state index contributed by atoms with van der Waals surface area (Å²) < 4.78 is 74.6. The van der Waals surface area contributed by atoms with Crippen LogP contribution in [-0.2, 0) is 20.2 Å². The summed E-state index contributed by atoms with van der Waals surface area (Å²) in [6, 6.07) is 17.3. The van der Waals surface area contributed by atoms with Crippen molar-refractivity contribution in [3.63, 3.8) is 0 Å². The molecule has 0 radical (unpaired) electrons. The number of unbranched alkanes of at least 4 members (excludes halogenated alkanes) is 2. The minimum atomic E-state index is -4.17. The number of benzene rings is 4. The van der Waals surface area contributed by atoms with Crippen molar-refractivity contribution >= 4 is 60.3 Å². The maximum absolute atomic E-state index is 14.0. The predicted molar refractivity (Wildman–Crippen MR) is 181 cm³/mol. The smallest absolute Gasteiger partial charge is 0.265 e. The van der Waals surface area contributed by atoms with E-state index in [1.165, 1.54) is 30.3 Å². The van der Waals surface area contributed by atoms with E-state index in [4.69, 9.17) is 18.6 Å². The van der Waals surface area contributed by atoms with E-state index in [0.717, 1.165) is 4.90 Å². The van der Waals surface area contributed by atoms with Crippen LogP contribution in [-0.4, -0.2) is 74.3 Å². The summed E-state index contributed by atoms with van der Waals surface area (Å²) in [4.78, 5) is 54.0. The Balaban J connectivity index is 1.35. The molecule has 0 aromatic heterocycles. The number of anilines is 1. The second-order valence-electron chi connectivity index (χ2n) is 11.7. The molecule has 0 saturated heterocycles. The summed E-state index contributed by atoms with van der Waals surface area (Å²) in [5, 5.41) is 2.70. The number of nitrogens with zero attached hydrogens (tertiary/aromatic N) is 1. The van der Waals surface area contributed by atoms with E-state index in [-0.39, 0.29) is 76.9 Å². The molecule has 0 spiro atoms. The van der Waals surface area contributed by atoms with Gasteiger partial charge in [0.05, 0.1) is 30.4 Å². The molecule has 4 amide bonds. The Morgan fingerprint density at radius 1 is 0.560 bits per heavy atom. The van der Waals surface area contributed by atoms with E-state index >= 15 is 0 Å². The highest BCUT2D eigenvalue weighted by atomic mass is 32.2. The second-order valence-corrected chi connectivity index (χ2v) is 14.8. The van der Waals surface area contributed by atoms with Crippen LogP contribution in [0.5, 0.6) is 11.5 Å². The lowest BCUT2D eigenvalue weighted by molar-refractivity contribution is 0.0837. The van der Waals surface area contributed by atoms with Crippen LogP contribution < -0.4 is 19.7 Å². The topological polar surface area (TPSA) is 211 Å². The van der Waals surface area contributed by atoms with Gasteiger partial charge in [0.15, 0.2) is 0 Å². The van der Waals surface area contributed by atoms with Gasteiger partial charge in [0.2, 0.25) is 0 Å². The number of carbonyl (C=O) groups excluding carboxylic acids is 4. The molecule has 0 bridgehead atoms. The average molecular weight is 723 g/mol. The van der Waals surface area contributed by atoms with Crippen LogP contribution in [0.4, 0.5) is 5.69 Å². The van der Waals surface area contributed by atoms with Crippen LogP contribution in [0.15, 0.2) is 66.7 Å². The first-order chi connectivity index (χ1) is 23.7. The van der Waals surface area contributed by atoms with Crippen molar-refractivity contribution in [1.29, 1.82) is 0 Å². The van der Waals surface area contributed by atoms with E-state index in [1.807, 2.05) is 0 Å². The summed E-state index contributed by atoms with van der Waals surface area (Å²) in [5.41, 5.74) is 1.78. The number of hydrogen-bond acceptors (Lipinski definition) is 10. The summed E-state index contributed by atoms with van der Waals surface area (Å²) in [7, 11) is -8.28. The average Bonchev–Trinajstić information content (AvgIpc) is 3.05. The SMILES string of the molecule is O=C1NC(=O)c2ccc3c4c(ccc1c24)C(=O)N(c1ccc(-c2ccccc2OCCCCS(=O)(=O)O)c(OCCCCS(=O)(=O)O)c1)C3=O. The van der Waals surface area contributed by atoms with Crippen LogP contribution in [0.25, 0.3) is 21.9 Å². The molecule has 3 N–H and O–H groups in total. The molecular weight excluding hydrogens is 693 g/mol. The number of amides is 4. The van der Waals surface area contributed by atoms with Crippen molar-refractivity contribution in [2.45, 2.75) is 25.7 Å². The van der Waals surface area contributed by atoms with Crippen molar-refractivity contribution < 1.29 is 54.6 Å². The molecule has 16 heteroatoms. The molecule has 0 saturated carbocycles. The van der Waals surface area contributed by atoms with Gasteiger partial charge in [-0.2, -0.15) is 16.8 Å². The summed E-state index contributed by atoms with van der Waals surface area (Å²) in [6.45, 7) is 0.144. The fourth-order valence-corrected chi connectivity index (χ4v) is 7.12. The van der Waals surface area contributed by atoms with E-state index in [0.29, 0.717) is 23.3 Å². The van der Waals surface area contributed by atoms with Gasteiger partial charge in [-0.05, 0) is 68.1 Å². The Morgan fingerprint density at radius 2 is 1.02 bits per heavy atom. The lowest BCUT2D eigenvalue weighted by atomic mass is 9.86. The van der Waals surface area contributed by atoms with Gasteiger partial charge in [-0.1, -0.05) is 18.2 Å². The van der Waals surface area contributed by atoms with Gasteiger partial charge in [0.25, 0.3) is 43.9 Å². The van der Waals surface area contributed by atoms with E-state index in [2.05, 4.69) is 5.32 Å². The monoisotopic (exact) mass is 722 g/mol. The van der Waals surface area contributed by atoms with Crippen LogP contribution >= 0.6 is 0 Å². The molecule has 50 heavy (non-hydrogen) atoms. The van der Waals surface area contributed by atoms with Crippen LogP contribution in [0.2, 0.25) is 0 Å². The van der Waals surface area contributed by atoms with Crippen molar-refractivity contribution in [3.8, 4) is 22.6 Å². The molecule has 14 nitrogen and oxygen atoms in total. The lowest BCUT2D eigenvalue weighted by Gasteiger charge is -2.29. The van der Waals surface area contributed by atoms with Crippen molar-refractivity contribution in [2.24, 2.45) is 0 Å². The third-order valence-electron chi connectivity index (χ3n) is 8.25. The Bertz CT molecular complexity index is 2230. The zero-order valence-corrected chi connectivity index (χ0v) is 27.9. The minimum absolute atomic E-state index is 0.0102. The van der Waals surface area contributed by atoms with Crippen LogP contribution in [0.3, 0.4) is 0 Å². The maximum atomic E-state index is 14.0. The van der Waals surface area contributed by atoms with E-state index < -0.39 is 55.4 Å². The molecule has 260 valence electrons. The largest absolute Gasteiger partial charge is 0.493 e. The first-order valence-corrected chi connectivity index (χ1v) is 18.7. The molecule has 0 aliphatic carbocycles. The number of imide groups is 2. The predicted octanol–water partition coefficient (Wildman–Crippen LogP) is 4.28. The highest BCUT2D eigenvalue weighted by Gasteiger charge is 2.38. The van der Waals surface area contributed by atoms with Gasteiger partial charge in [-0.25, -0.2) is 4.90 Å². The zero-order chi connectivity index (χ0) is 35.8. The van der Waals surface area contributed by atoms with Gasteiger partial charge in [0.1, 0.15) is 11.5 Å². The Hall–Kier alpha value is -5.16. The quantitative estimate of drug-likeness (QED) is 0.0946. The molecule has 0 fully saturated rings. The molecule has 6 rings (SSSR count). The summed E-state index contributed by atoms with van der Waals surface area (Å²) in [5.74, 6) is -2.88. The number of carbonyl (C=O) groups is 4. The Morgan fingerprint density at radius 3 is 1.58 bits per heavy atom. The van der Waals surface area contributed by atoms with Crippen molar-refractivity contribution in [2.75, 3.05) is 29.6 Å². The number of ether oxygens (including phenoxy) is 2. The van der Waals surface area contributed by atoms with Crippen molar-refractivity contribution in [1.82, 2.24) is 5.32 Å². The first-order valence-electron chi connectivity index (χ1n) is 15.5. The Kier molecular flexibility index (Phi) is 9.46. The number of nitrogens with one attached hydrogen (secondary N) is 1. The molecular formula is C34H30N2O12S2. The number of rotatable bonds is 14. The van der Waals surface area contributed by atoms with Gasteiger partial charge in [-0.3, -0.25) is 33.6 Å². The zero-order valence-electron chi connectivity index (χ0n) is 26.2. The molecule has 4 aromatic rings. The minimum Gasteiger partial charge on any atom is -0.493 e. The lowest BCUT2D eigenvalue weighted by Crippen LogP contribution is -2.42. The van der Waals surface area contributed by atoms with Crippen LogP contribution in [0, 0.1) is 0 Å². The molecule has 0 unspecified atom stereocenters. The fraction of sp³-hybridized carbons (Fsp3) is 0.235. The van der Waals surface area contributed by atoms with Gasteiger partial charge < -0.3 is 9.47 Å². The van der Waals surface area contributed by atoms with E-state index in [1.54, 1.807) is 36.4 Å². The standard InChI is InChI=1S/C34H30N2O12S2/c37-31-23-11-13-25-30-26(14-12-24(29(23)30)32(38)35-31)34(40)36(33(25)39)20-9-10-22(28(19-20)48-16-4-6-18-50(44,45)46)21-7-1-2-8-27(21)47-15-3-5-17-49(41,42)43/h1-2,7-14,19H,3-6,15-18H2,(H,35,37,38)(H,41,42,43)(H,44,45,46). The highest BCUT2D eigenvalue weighted by Crippen LogP contribution is 2.42. The normalized spacial score (nSPS) is 14.2.